The van der Waals surface area contributed by atoms with E-state index in [0.717, 1.165) is 23.3 Å². The highest BCUT2D eigenvalue weighted by Gasteiger charge is 2.30. The van der Waals surface area contributed by atoms with Gasteiger partial charge in [-0.1, -0.05) is 24.3 Å². The Morgan fingerprint density at radius 2 is 1.71 bits per heavy atom. The van der Waals surface area contributed by atoms with E-state index in [1.165, 1.54) is 49.5 Å². The van der Waals surface area contributed by atoms with Crippen molar-refractivity contribution in [2.75, 3.05) is 18.0 Å². The first kappa shape index (κ1) is 13.1. The van der Waals surface area contributed by atoms with Crippen LogP contribution < -0.4 is 10.6 Å². The van der Waals surface area contributed by atoms with Crippen molar-refractivity contribution in [1.29, 1.82) is 0 Å². The fourth-order valence-corrected chi connectivity index (χ4v) is 3.05. The lowest BCUT2D eigenvalue weighted by molar-refractivity contribution is 0.672. The molecule has 0 amide bonds. The van der Waals surface area contributed by atoms with Gasteiger partial charge in [0.05, 0.1) is 5.69 Å². The molecule has 0 unspecified atom stereocenters. The molecule has 110 valence electrons. The second kappa shape index (κ2) is 5.30. The summed E-state index contributed by atoms with van der Waals surface area (Å²) in [5, 5.41) is 2.54. The van der Waals surface area contributed by atoms with Gasteiger partial charge in [0.1, 0.15) is 5.82 Å². The largest absolute Gasteiger partial charge is 0.356 e. The van der Waals surface area contributed by atoms with Crippen LogP contribution in [0.4, 0.5) is 5.82 Å². The lowest BCUT2D eigenvalue weighted by Gasteiger charge is -2.25. The Hall–Kier alpha value is -1.61. The maximum absolute atomic E-state index is 5.86. The summed E-state index contributed by atoms with van der Waals surface area (Å²) in [7, 11) is 0. The number of pyridine rings is 1. The van der Waals surface area contributed by atoms with Crippen molar-refractivity contribution in [3.05, 3.63) is 36.0 Å². The van der Waals surface area contributed by atoms with Crippen LogP contribution in [0.1, 0.15) is 31.4 Å². The molecule has 0 atom stereocenters. The van der Waals surface area contributed by atoms with Crippen LogP contribution in [0.2, 0.25) is 0 Å². The minimum absolute atomic E-state index is 0.512. The molecule has 2 aliphatic carbocycles. The van der Waals surface area contributed by atoms with E-state index < -0.39 is 0 Å². The van der Waals surface area contributed by atoms with E-state index in [0.29, 0.717) is 6.54 Å². The highest BCUT2D eigenvalue weighted by Crippen LogP contribution is 2.37. The van der Waals surface area contributed by atoms with Gasteiger partial charge in [-0.25, -0.2) is 4.98 Å². The van der Waals surface area contributed by atoms with Gasteiger partial charge in [0.2, 0.25) is 0 Å². The number of nitrogens with two attached hydrogens (primary N) is 1. The third kappa shape index (κ3) is 2.88. The molecule has 2 N–H and O–H groups in total. The van der Waals surface area contributed by atoms with Gasteiger partial charge in [-0.2, -0.15) is 0 Å². The molecule has 2 aromatic rings. The Morgan fingerprint density at radius 3 is 2.33 bits per heavy atom. The molecule has 21 heavy (non-hydrogen) atoms. The Labute approximate surface area is 126 Å². The number of fused-ring (bicyclic) bond motifs is 1. The number of benzene rings is 1. The normalized spacial score (nSPS) is 18.1. The molecule has 2 aliphatic rings. The van der Waals surface area contributed by atoms with E-state index in [2.05, 4.69) is 35.2 Å². The van der Waals surface area contributed by atoms with Gasteiger partial charge in [0.15, 0.2) is 0 Å². The molecular formula is C18H23N3. The van der Waals surface area contributed by atoms with Crippen molar-refractivity contribution in [3.8, 4) is 0 Å². The fourth-order valence-electron chi connectivity index (χ4n) is 3.05. The zero-order valence-electron chi connectivity index (χ0n) is 12.5. The highest BCUT2D eigenvalue weighted by atomic mass is 15.2. The summed E-state index contributed by atoms with van der Waals surface area (Å²) in [6, 6.07) is 10.7. The molecule has 2 fully saturated rings. The molecule has 1 aromatic heterocycles. The number of rotatable bonds is 6. The van der Waals surface area contributed by atoms with E-state index in [4.69, 9.17) is 10.7 Å². The van der Waals surface area contributed by atoms with E-state index in [1.807, 2.05) is 0 Å². The number of nitrogens with zero attached hydrogens (tertiary/aromatic N) is 2. The third-order valence-corrected chi connectivity index (χ3v) is 4.63. The Morgan fingerprint density at radius 1 is 1.05 bits per heavy atom. The maximum atomic E-state index is 5.86. The third-order valence-electron chi connectivity index (χ3n) is 4.63. The molecule has 1 heterocycles. The predicted molar refractivity (Wildman–Crippen MR) is 87.3 cm³/mol. The molecule has 1 aromatic carbocycles. The molecule has 0 radical (unpaired) electrons. The molecule has 3 nitrogen and oxygen atoms in total. The van der Waals surface area contributed by atoms with Crippen LogP contribution in [0.5, 0.6) is 0 Å². The molecule has 4 rings (SSSR count). The van der Waals surface area contributed by atoms with Gasteiger partial charge in [0, 0.05) is 25.0 Å². The van der Waals surface area contributed by atoms with Gasteiger partial charge in [0.25, 0.3) is 0 Å². The molecule has 0 aliphatic heterocycles. The quantitative estimate of drug-likeness (QED) is 0.883. The summed E-state index contributed by atoms with van der Waals surface area (Å²) >= 11 is 0. The van der Waals surface area contributed by atoms with Crippen molar-refractivity contribution in [2.45, 2.75) is 32.2 Å². The second-order valence-electron chi connectivity index (χ2n) is 6.65. The lowest BCUT2D eigenvalue weighted by Crippen LogP contribution is -2.29. The number of hydrogen-bond acceptors (Lipinski definition) is 3. The lowest BCUT2D eigenvalue weighted by atomic mass is 10.1. The minimum atomic E-state index is 0.512. The standard InChI is InChI=1S/C18H23N3/c19-10-16-9-15-3-1-2-4-17(15)18(20-16)21(11-13-5-6-13)12-14-7-8-14/h1-4,9,13-14H,5-8,10-12,19H2. The zero-order chi connectivity index (χ0) is 14.2. The van der Waals surface area contributed by atoms with Crippen molar-refractivity contribution >= 4 is 16.6 Å². The Balaban J connectivity index is 1.76. The van der Waals surface area contributed by atoms with Crippen LogP contribution in [0, 0.1) is 11.8 Å². The first-order valence-electron chi connectivity index (χ1n) is 8.17. The van der Waals surface area contributed by atoms with Gasteiger partial charge >= 0.3 is 0 Å². The Kier molecular flexibility index (Phi) is 3.30. The Bertz CT molecular complexity index is 630. The predicted octanol–water partition coefficient (Wildman–Crippen LogP) is 3.32. The first-order chi connectivity index (χ1) is 10.3. The average Bonchev–Trinajstić information content (AvgIpc) is 3.41. The monoisotopic (exact) mass is 281 g/mol. The topological polar surface area (TPSA) is 42.1 Å². The second-order valence-corrected chi connectivity index (χ2v) is 6.65. The minimum Gasteiger partial charge on any atom is -0.356 e. The van der Waals surface area contributed by atoms with Gasteiger partial charge in [-0.3, -0.25) is 0 Å². The van der Waals surface area contributed by atoms with E-state index in [1.54, 1.807) is 0 Å². The summed E-state index contributed by atoms with van der Waals surface area (Å²) in [5.41, 5.74) is 6.86. The van der Waals surface area contributed by atoms with Crippen molar-refractivity contribution in [2.24, 2.45) is 17.6 Å². The summed E-state index contributed by atoms with van der Waals surface area (Å²) in [6.07, 6.45) is 5.54. The van der Waals surface area contributed by atoms with Gasteiger partial charge < -0.3 is 10.6 Å². The van der Waals surface area contributed by atoms with Crippen LogP contribution >= 0.6 is 0 Å². The molecule has 0 spiro atoms. The van der Waals surface area contributed by atoms with Crippen LogP contribution in [-0.4, -0.2) is 18.1 Å². The number of hydrogen-bond donors (Lipinski definition) is 1. The molecular weight excluding hydrogens is 258 g/mol. The molecule has 0 bridgehead atoms. The van der Waals surface area contributed by atoms with E-state index in [-0.39, 0.29) is 0 Å². The zero-order valence-corrected chi connectivity index (χ0v) is 12.5. The molecule has 0 saturated heterocycles. The van der Waals surface area contributed by atoms with Gasteiger partial charge in [-0.15, -0.1) is 0 Å². The summed E-state index contributed by atoms with van der Waals surface area (Å²) in [4.78, 5) is 7.42. The first-order valence-corrected chi connectivity index (χ1v) is 8.17. The van der Waals surface area contributed by atoms with Crippen molar-refractivity contribution in [1.82, 2.24) is 4.98 Å². The maximum Gasteiger partial charge on any atom is 0.136 e. The van der Waals surface area contributed by atoms with Crippen LogP contribution in [-0.2, 0) is 6.54 Å². The van der Waals surface area contributed by atoms with E-state index in [9.17, 15) is 0 Å². The van der Waals surface area contributed by atoms with Crippen LogP contribution in [0.15, 0.2) is 30.3 Å². The molecule has 3 heteroatoms. The summed E-state index contributed by atoms with van der Waals surface area (Å²) in [6.45, 7) is 2.85. The number of aromatic nitrogens is 1. The smallest absolute Gasteiger partial charge is 0.136 e. The van der Waals surface area contributed by atoms with Crippen molar-refractivity contribution in [3.63, 3.8) is 0 Å². The summed E-state index contributed by atoms with van der Waals surface area (Å²) < 4.78 is 0. The SMILES string of the molecule is NCc1cc2ccccc2c(N(CC2CC2)CC2CC2)n1. The van der Waals surface area contributed by atoms with Crippen LogP contribution in [0.25, 0.3) is 10.8 Å². The average molecular weight is 281 g/mol. The van der Waals surface area contributed by atoms with E-state index >= 15 is 0 Å². The fraction of sp³-hybridized carbons (Fsp3) is 0.500. The number of anilines is 1. The summed E-state index contributed by atoms with van der Waals surface area (Å²) in [5.74, 6) is 2.92. The highest BCUT2D eigenvalue weighted by molar-refractivity contribution is 5.92. The molecule has 2 saturated carbocycles. The van der Waals surface area contributed by atoms with Gasteiger partial charge in [-0.05, 0) is 49.0 Å². The van der Waals surface area contributed by atoms with Crippen molar-refractivity contribution < 1.29 is 0 Å². The van der Waals surface area contributed by atoms with Crippen LogP contribution in [0.3, 0.4) is 0 Å².